The van der Waals surface area contributed by atoms with Crippen LogP contribution in [0, 0.1) is 39.1 Å². The van der Waals surface area contributed by atoms with E-state index in [-0.39, 0.29) is 0 Å². The monoisotopic (exact) mass is 397 g/mol. The Hall–Kier alpha value is -2.31. The molecular weight excluding hydrogens is 366 g/mol. The van der Waals surface area contributed by atoms with Crippen LogP contribution in [-0.2, 0) is 0 Å². The summed E-state index contributed by atoms with van der Waals surface area (Å²) in [6, 6.07) is 6.34. The number of pyridine rings is 1. The summed E-state index contributed by atoms with van der Waals surface area (Å²) in [5.74, 6) is 1.72. The second-order valence-corrected chi connectivity index (χ2v) is 8.34. The van der Waals surface area contributed by atoms with Crippen molar-refractivity contribution in [1.82, 2.24) is 9.88 Å². The van der Waals surface area contributed by atoms with Gasteiger partial charge in [0.25, 0.3) is 0 Å². The van der Waals surface area contributed by atoms with Crippen molar-refractivity contribution in [1.29, 1.82) is 10.5 Å². The smallest absolute Gasteiger partial charge is 0.123 e. The van der Waals surface area contributed by atoms with Gasteiger partial charge in [-0.1, -0.05) is 31.5 Å². The zero-order chi connectivity index (χ0) is 20.7. The van der Waals surface area contributed by atoms with Crippen LogP contribution in [0.4, 0.5) is 5.69 Å². The van der Waals surface area contributed by atoms with Gasteiger partial charge in [0.1, 0.15) is 16.3 Å². The van der Waals surface area contributed by atoms with Crippen molar-refractivity contribution in [3.05, 3.63) is 33.7 Å². The molecule has 0 radical (unpaired) electrons. The molecule has 150 valence electrons. The third kappa shape index (κ3) is 5.36. The van der Waals surface area contributed by atoms with Gasteiger partial charge in [-0.15, -0.1) is 0 Å². The van der Waals surface area contributed by atoms with E-state index < -0.39 is 0 Å². The number of hydrogen-bond donors (Lipinski definition) is 1. The van der Waals surface area contributed by atoms with Crippen molar-refractivity contribution in [2.75, 3.05) is 32.1 Å². The number of nitrogens with zero attached hydrogens (tertiary/aromatic N) is 4. The van der Waals surface area contributed by atoms with E-state index in [2.05, 4.69) is 22.0 Å². The summed E-state index contributed by atoms with van der Waals surface area (Å²) >= 11 is 5.22. The Balaban J connectivity index is 0.000000266. The quantitative estimate of drug-likeness (QED) is 0.562. The fourth-order valence-corrected chi connectivity index (χ4v) is 4.29. The van der Waals surface area contributed by atoms with E-state index >= 15 is 0 Å². The standard InChI is InChI=1S/C15H19N3S.C7H12N2/c16-9-13-14(5-7-17-15(13)19)18-8-6-11-3-1-2-4-12(11)10-18;1-6(5-8)7(2)9(3)4/h5,7,11-12H,1-4,6,8,10H2,(H,17,19);1-4H3/b;7-6-/t11-,12-;/m0./s1. The molecule has 6 heteroatoms. The first-order valence-electron chi connectivity index (χ1n) is 10.0. The molecule has 3 rings (SSSR count). The Morgan fingerprint density at radius 1 is 1.18 bits per heavy atom. The molecule has 0 unspecified atom stereocenters. The van der Waals surface area contributed by atoms with Crippen molar-refractivity contribution >= 4 is 17.9 Å². The number of H-pyrrole nitrogens is 1. The number of piperidine rings is 1. The summed E-state index contributed by atoms with van der Waals surface area (Å²) in [7, 11) is 3.85. The number of anilines is 1. The predicted octanol–water partition coefficient (Wildman–Crippen LogP) is 5.00. The van der Waals surface area contributed by atoms with Crippen LogP contribution in [0.15, 0.2) is 23.5 Å². The molecule has 2 fully saturated rings. The minimum Gasteiger partial charge on any atom is -0.380 e. The number of aromatic amines is 1. The Labute approximate surface area is 174 Å². The van der Waals surface area contributed by atoms with Crippen LogP contribution >= 0.6 is 12.2 Å². The van der Waals surface area contributed by atoms with Gasteiger partial charge in [-0.25, -0.2) is 0 Å². The molecule has 2 heterocycles. The van der Waals surface area contributed by atoms with Gasteiger partial charge in [-0.05, 0) is 44.6 Å². The minimum absolute atomic E-state index is 0.561. The van der Waals surface area contributed by atoms with Gasteiger partial charge in [0.2, 0.25) is 0 Å². The highest BCUT2D eigenvalue weighted by Gasteiger charge is 2.31. The molecule has 0 bridgehead atoms. The maximum absolute atomic E-state index is 9.30. The van der Waals surface area contributed by atoms with Crippen molar-refractivity contribution in [2.45, 2.75) is 46.0 Å². The molecule has 1 aliphatic heterocycles. The van der Waals surface area contributed by atoms with Crippen molar-refractivity contribution in [3.8, 4) is 12.1 Å². The molecule has 2 aliphatic rings. The zero-order valence-corrected chi connectivity index (χ0v) is 18.3. The average Bonchev–Trinajstić information content (AvgIpc) is 2.72. The van der Waals surface area contributed by atoms with E-state index in [1.165, 1.54) is 32.1 Å². The van der Waals surface area contributed by atoms with E-state index in [1.807, 2.05) is 45.1 Å². The Morgan fingerprint density at radius 3 is 2.43 bits per heavy atom. The van der Waals surface area contributed by atoms with Gasteiger partial charge in [-0.3, -0.25) is 0 Å². The predicted molar refractivity (Wildman–Crippen MR) is 116 cm³/mol. The summed E-state index contributed by atoms with van der Waals surface area (Å²) < 4.78 is 0.561. The fraction of sp³-hybridized carbons (Fsp3) is 0.591. The summed E-state index contributed by atoms with van der Waals surface area (Å²) in [5.41, 5.74) is 3.46. The van der Waals surface area contributed by atoms with Gasteiger partial charge >= 0.3 is 0 Å². The highest BCUT2D eigenvalue weighted by Crippen LogP contribution is 2.38. The maximum atomic E-state index is 9.30. The van der Waals surface area contributed by atoms with Gasteiger partial charge in [0.15, 0.2) is 0 Å². The number of aromatic nitrogens is 1. The normalized spacial score (nSPS) is 21.9. The Kier molecular flexibility index (Phi) is 8.08. The Bertz CT molecular complexity index is 840. The number of rotatable bonds is 2. The molecule has 1 N–H and O–H groups in total. The molecule has 28 heavy (non-hydrogen) atoms. The molecule has 0 spiro atoms. The maximum Gasteiger partial charge on any atom is 0.123 e. The number of allylic oxidation sites excluding steroid dienone is 2. The molecule has 1 saturated carbocycles. The first-order valence-corrected chi connectivity index (χ1v) is 10.4. The summed E-state index contributed by atoms with van der Waals surface area (Å²) in [4.78, 5) is 7.25. The molecule has 0 aromatic carbocycles. The van der Waals surface area contributed by atoms with Crippen molar-refractivity contribution < 1.29 is 0 Å². The molecular formula is C22H31N5S. The van der Waals surface area contributed by atoms with Crippen LogP contribution < -0.4 is 4.90 Å². The number of fused-ring (bicyclic) bond motifs is 1. The highest BCUT2D eigenvalue weighted by atomic mass is 32.1. The molecule has 1 saturated heterocycles. The van der Waals surface area contributed by atoms with Crippen LogP contribution in [0.1, 0.15) is 51.5 Å². The summed E-state index contributed by atoms with van der Waals surface area (Å²) in [6.07, 6.45) is 8.64. The lowest BCUT2D eigenvalue weighted by molar-refractivity contribution is 0.202. The van der Waals surface area contributed by atoms with Crippen molar-refractivity contribution in [3.63, 3.8) is 0 Å². The van der Waals surface area contributed by atoms with Gasteiger partial charge in [-0.2, -0.15) is 10.5 Å². The lowest BCUT2D eigenvalue weighted by Gasteiger charge is -2.42. The van der Waals surface area contributed by atoms with Crippen LogP contribution in [0.2, 0.25) is 0 Å². The third-order valence-electron chi connectivity index (χ3n) is 6.06. The molecule has 1 aliphatic carbocycles. The lowest BCUT2D eigenvalue weighted by atomic mass is 9.75. The largest absolute Gasteiger partial charge is 0.380 e. The van der Waals surface area contributed by atoms with Crippen LogP contribution in [0.5, 0.6) is 0 Å². The van der Waals surface area contributed by atoms with E-state index in [9.17, 15) is 5.26 Å². The third-order valence-corrected chi connectivity index (χ3v) is 6.39. The van der Waals surface area contributed by atoms with Gasteiger partial charge in [0, 0.05) is 44.7 Å². The van der Waals surface area contributed by atoms with Crippen LogP contribution in [0.25, 0.3) is 0 Å². The van der Waals surface area contributed by atoms with E-state index in [1.54, 1.807) is 0 Å². The van der Waals surface area contributed by atoms with E-state index in [0.29, 0.717) is 10.2 Å². The molecule has 1 aromatic rings. The molecule has 1 aromatic heterocycles. The number of hydrogen-bond acceptors (Lipinski definition) is 5. The van der Waals surface area contributed by atoms with Crippen molar-refractivity contribution in [2.24, 2.45) is 11.8 Å². The van der Waals surface area contributed by atoms with Crippen LogP contribution in [0.3, 0.4) is 0 Å². The second kappa shape index (κ2) is 10.3. The number of nitrogens with one attached hydrogen (secondary N) is 1. The van der Waals surface area contributed by atoms with Gasteiger partial charge in [0.05, 0.1) is 11.8 Å². The minimum atomic E-state index is 0.561. The lowest BCUT2D eigenvalue weighted by Crippen LogP contribution is -2.42. The SMILES string of the molecule is C/C(C#N)=C(\C)N(C)C.N#Cc1c(N2CC[C@@H]3CCCC[C@H]3C2)cc[nH]c1=S. The zero-order valence-electron chi connectivity index (χ0n) is 17.5. The van der Waals surface area contributed by atoms with Crippen LogP contribution in [-0.4, -0.2) is 37.1 Å². The highest BCUT2D eigenvalue weighted by molar-refractivity contribution is 7.71. The van der Waals surface area contributed by atoms with Gasteiger partial charge < -0.3 is 14.8 Å². The average molecular weight is 398 g/mol. The summed E-state index contributed by atoms with van der Waals surface area (Å²) in [6.45, 7) is 5.90. The Morgan fingerprint density at radius 2 is 1.86 bits per heavy atom. The topological polar surface area (TPSA) is 69.8 Å². The first-order chi connectivity index (χ1) is 13.4. The van der Waals surface area contributed by atoms with E-state index in [4.69, 9.17) is 17.5 Å². The fourth-order valence-electron chi connectivity index (χ4n) is 4.08. The first kappa shape index (κ1) is 22.0. The van der Waals surface area contributed by atoms with E-state index in [0.717, 1.165) is 41.9 Å². The second-order valence-electron chi connectivity index (χ2n) is 7.93. The molecule has 2 atom stereocenters. The number of nitriles is 2. The molecule has 5 nitrogen and oxygen atoms in total. The summed E-state index contributed by atoms with van der Waals surface area (Å²) in [5, 5.41) is 17.7. The molecule has 0 amide bonds.